The van der Waals surface area contributed by atoms with Gasteiger partial charge in [-0.2, -0.15) is 0 Å². The van der Waals surface area contributed by atoms with E-state index < -0.39 is 20.0 Å². The van der Waals surface area contributed by atoms with Gasteiger partial charge in [-0.3, -0.25) is 15.6 Å². The molecule has 0 spiro atoms. The van der Waals surface area contributed by atoms with Crippen LogP contribution in [0, 0.1) is 18.8 Å². The largest absolute Gasteiger partial charge is 0.281 e. The summed E-state index contributed by atoms with van der Waals surface area (Å²) >= 11 is 0. The lowest BCUT2D eigenvalue weighted by atomic mass is 9.93. The minimum absolute atomic E-state index is 0.0586. The molecular weight excluding hydrogens is 516 g/mol. The molecule has 3 aromatic rings. The minimum atomic E-state index is -3.84. The topological polar surface area (TPSA) is 152 Å². The Morgan fingerprint density at radius 1 is 1.08 bits per heavy atom. The van der Waals surface area contributed by atoms with Gasteiger partial charge in [-0.15, -0.1) is 0 Å². The molecule has 0 aliphatic heterocycles. The van der Waals surface area contributed by atoms with Crippen LogP contribution in [0.2, 0.25) is 0 Å². The highest BCUT2D eigenvalue weighted by Gasteiger charge is 2.42. The zero-order valence-corrected chi connectivity index (χ0v) is 22.2. The van der Waals surface area contributed by atoms with Crippen molar-refractivity contribution in [1.29, 1.82) is 0 Å². The molecule has 2 aliphatic rings. The number of anilines is 1. The molecule has 2 fully saturated rings. The Morgan fingerprint density at radius 2 is 1.81 bits per heavy atom. The maximum absolute atomic E-state index is 13.1. The number of nitrogens with one attached hydrogen (secondary N) is 3. The molecule has 2 aromatic heterocycles. The van der Waals surface area contributed by atoms with Crippen LogP contribution in [0.5, 0.6) is 0 Å². The number of rotatable bonds is 9. The maximum Gasteiger partial charge on any atom is 0.269 e. The fourth-order valence-electron chi connectivity index (χ4n) is 4.88. The number of aryl methyl sites for hydroxylation is 1. The van der Waals surface area contributed by atoms with Crippen LogP contribution in [0.3, 0.4) is 0 Å². The highest BCUT2D eigenvalue weighted by Crippen LogP contribution is 2.36. The van der Waals surface area contributed by atoms with Gasteiger partial charge in [-0.25, -0.2) is 35.5 Å². The summed E-state index contributed by atoms with van der Waals surface area (Å²) in [5.74, 6) is -0.283. The van der Waals surface area contributed by atoms with E-state index in [1.165, 1.54) is 12.4 Å². The van der Waals surface area contributed by atoms with Crippen LogP contribution in [-0.2, 0) is 24.8 Å². The Kier molecular flexibility index (Phi) is 6.71. The first-order valence-electron chi connectivity index (χ1n) is 12.3. The number of carbonyl (C=O) groups is 1. The first-order valence-corrected chi connectivity index (χ1v) is 15.3. The highest BCUT2D eigenvalue weighted by atomic mass is 32.2. The van der Waals surface area contributed by atoms with Crippen molar-refractivity contribution >= 4 is 42.9 Å². The van der Waals surface area contributed by atoms with Crippen molar-refractivity contribution in [2.24, 2.45) is 11.8 Å². The zero-order chi connectivity index (χ0) is 26.4. The van der Waals surface area contributed by atoms with Gasteiger partial charge in [-0.1, -0.05) is 31.0 Å². The van der Waals surface area contributed by atoms with Crippen LogP contribution in [0.1, 0.15) is 44.6 Å². The van der Waals surface area contributed by atoms with E-state index in [-0.39, 0.29) is 45.4 Å². The van der Waals surface area contributed by atoms with Crippen molar-refractivity contribution in [3.8, 4) is 0 Å². The normalized spacial score (nSPS) is 22.3. The first-order chi connectivity index (χ1) is 17.6. The second-order valence-corrected chi connectivity index (χ2v) is 13.6. The number of hydrazine groups is 1. The third-order valence-corrected chi connectivity index (χ3v) is 10.8. The van der Waals surface area contributed by atoms with Crippen molar-refractivity contribution in [3.63, 3.8) is 0 Å². The van der Waals surface area contributed by atoms with E-state index in [9.17, 15) is 21.6 Å². The molecule has 2 heterocycles. The molecule has 198 valence electrons. The Balaban J connectivity index is 1.25. The Bertz CT molecular complexity index is 1530. The average Bonchev–Trinajstić information content (AvgIpc) is 3.53. The molecule has 0 saturated heterocycles. The number of sulfonamides is 1. The first kappa shape index (κ1) is 25.6. The van der Waals surface area contributed by atoms with Crippen molar-refractivity contribution in [2.75, 3.05) is 5.43 Å². The van der Waals surface area contributed by atoms with Crippen molar-refractivity contribution in [2.45, 2.75) is 62.1 Å². The van der Waals surface area contributed by atoms with Gasteiger partial charge in [0.1, 0.15) is 5.52 Å². The number of aromatic nitrogens is 3. The number of nitrogens with zero attached hydrogens (tertiary/aromatic N) is 3. The molecule has 1 unspecified atom stereocenters. The van der Waals surface area contributed by atoms with Gasteiger partial charge in [0.2, 0.25) is 15.9 Å². The summed E-state index contributed by atoms with van der Waals surface area (Å²) < 4.78 is 54.6. The van der Waals surface area contributed by atoms with E-state index in [4.69, 9.17) is 0 Å². The molecule has 3 atom stereocenters. The Labute approximate surface area is 216 Å². The van der Waals surface area contributed by atoms with Gasteiger partial charge in [0, 0.05) is 18.2 Å². The predicted octanol–water partition coefficient (Wildman–Crippen LogP) is 2.31. The maximum atomic E-state index is 13.1. The molecule has 3 N–H and O–H groups in total. The lowest BCUT2D eigenvalue weighted by Crippen LogP contribution is -2.38. The number of benzene rings is 1. The quantitative estimate of drug-likeness (QED) is 0.346. The van der Waals surface area contributed by atoms with E-state index in [0.717, 1.165) is 16.0 Å². The third-order valence-electron chi connectivity index (χ3n) is 7.10. The highest BCUT2D eigenvalue weighted by molar-refractivity contribution is 7.90. The SMILES string of the molecule is CC[C@@H]1C[C@H](NS(=O)(=O)C2CC2)CC1C(=O)NNc1cnc2c(ccn2S(=O)(=O)c2ccc(C)cc2)n1. The predicted molar refractivity (Wildman–Crippen MR) is 138 cm³/mol. The molecule has 2 saturated carbocycles. The number of amides is 1. The van der Waals surface area contributed by atoms with Crippen molar-refractivity contribution in [3.05, 3.63) is 48.3 Å². The summed E-state index contributed by atoms with van der Waals surface area (Å²) in [6.45, 7) is 3.87. The summed E-state index contributed by atoms with van der Waals surface area (Å²) in [4.78, 5) is 21.7. The van der Waals surface area contributed by atoms with Gasteiger partial charge in [-0.05, 0) is 56.7 Å². The van der Waals surface area contributed by atoms with Gasteiger partial charge < -0.3 is 0 Å². The number of hydrogen-bond donors (Lipinski definition) is 3. The second kappa shape index (κ2) is 9.69. The molecule has 0 radical (unpaired) electrons. The molecule has 0 bridgehead atoms. The second-order valence-electron chi connectivity index (χ2n) is 9.81. The molecule has 11 nitrogen and oxygen atoms in total. The molecule has 5 rings (SSSR count). The van der Waals surface area contributed by atoms with E-state index in [1.807, 2.05) is 13.8 Å². The van der Waals surface area contributed by atoms with Crippen LogP contribution >= 0.6 is 0 Å². The number of carbonyl (C=O) groups excluding carboxylic acids is 1. The molecular formula is C24H30N6O5S2. The molecule has 37 heavy (non-hydrogen) atoms. The van der Waals surface area contributed by atoms with E-state index in [1.54, 1.807) is 30.3 Å². The van der Waals surface area contributed by atoms with E-state index in [0.29, 0.717) is 31.2 Å². The molecule has 1 aromatic carbocycles. The smallest absolute Gasteiger partial charge is 0.269 e. The molecule has 2 aliphatic carbocycles. The third kappa shape index (κ3) is 5.20. The lowest BCUT2D eigenvalue weighted by Gasteiger charge is -2.17. The minimum Gasteiger partial charge on any atom is -0.281 e. The standard InChI is InChI=1S/C24H30N6O5S2/c1-3-16-12-17(29-36(32,33)18-8-9-18)13-20(16)24(31)28-27-22-14-25-23-21(26-22)10-11-30(23)37(34,35)19-6-4-15(2)5-7-19/h4-7,10-11,14,16-18,20,29H,3,8-9,12-13H2,1-2H3,(H,26,27)(H,28,31)/t16-,17+,20?/m1/s1. The fourth-order valence-corrected chi connectivity index (χ4v) is 7.79. The van der Waals surface area contributed by atoms with Crippen molar-refractivity contribution < 1.29 is 21.6 Å². The van der Waals surface area contributed by atoms with Crippen LogP contribution < -0.4 is 15.6 Å². The van der Waals surface area contributed by atoms with Gasteiger partial charge in [0.05, 0.1) is 16.3 Å². The number of fused-ring (bicyclic) bond motifs is 1. The zero-order valence-electron chi connectivity index (χ0n) is 20.6. The Hall–Kier alpha value is -3.03. The monoisotopic (exact) mass is 546 g/mol. The average molecular weight is 547 g/mol. The summed E-state index contributed by atoms with van der Waals surface area (Å²) in [7, 11) is -7.16. The number of hydrogen-bond acceptors (Lipinski definition) is 8. The van der Waals surface area contributed by atoms with E-state index >= 15 is 0 Å². The molecule has 13 heteroatoms. The van der Waals surface area contributed by atoms with Crippen LogP contribution in [0.4, 0.5) is 5.82 Å². The molecule has 1 amide bonds. The van der Waals surface area contributed by atoms with Crippen molar-refractivity contribution in [1.82, 2.24) is 24.1 Å². The van der Waals surface area contributed by atoms with Crippen LogP contribution in [0.15, 0.2) is 47.6 Å². The summed E-state index contributed by atoms with van der Waals surface area (Å²) in [5, 5.41) is -0.294. The fraction of sp³-hybridized carbons (Fsp3) is 0.458. The van der Waals surface area contributed by atoms with Crippen LogP contribution in [0.25, 0.3) is 11.2 Å². The van der Waals surface area contributed by atoms with Gasteiger partial charge in [0.15, 0.2) is 11.5 Å². The van der Waals surface area contributed by atoms with E-state index in [2.05, 4.69) is 25.5 Å². The summed E-state index contributed by atoms with van der Waals surface area (Å²) in [6, 6.07) is 7.84. The van der Waals surface area contributed by atoms with Crippen LogP contribution in [-0.4, -0.2) is 48.0 Å². The summed E-state index contributed by atoms with van der Waals surface area (Å²) in [5.41, 5.74) is 6.89. The lowest BCUT2D eigenvalue weighted by molar-refractivity contribution is -0.125. The van der Waals surface area contributed by atoms with Gasteiger partial charge in [0.25, 0.3) is 10.0 Å². The summed E-state index contributed by atoms with van der Waals surface area (Å²) in [6.07, 6.45) is 5.95. The Morgan fingerprint density at radius 3 is 2.49 bits per heavy atom. The van der Waals surface area contributed by atoms with Gasteiger partial charge >= 0.3 is 0 Å².